The third-order valence-electron chi connectivity index (χ3n) is 6.16. The Balaban J connectivity index is 3.78. The summed E-state index contributed by atoms with van der Waals surface area (Å²) in [7, 11) is 0. The topological polar surface area (TPSA) is 112 Å². The van der Waals surface area contributed by atoms with Crippen molar-refractivity contribution in [1.29, 1.82) is 0 Å². The molecule has 0 aliphatic heterocycles. The number of hydrogen-bond donors (Lipinski definition) is 3. The summed E-state index contributed by atoms with van der Waals surface area (Å²) in [5.74, 6) is -2.65. The Morgan fingerprint density at radius 1 is 0.645 bits per heavy atom. The van der Waals surface area contributed by atoms with E-state index >= 15 is 0 Å². The average molecular weight is 443 g/mol. The van der Waals surface area contributed by atoms with Crippen molar-refractivity contribution in [3.63, 3.8) is 0 Å². The predicted octanol–water partition coefficient (Wildman–Crippen LogP) is 4.45. The molecule has 3 N–H and O–H groups in total. The number of Topliss-reactive ketones (excluding diaryl/α,β-unsaturated/α-hetero) is 3. The van der Waals surface area contributed by atoms with Crippen molar-refractivity contribution < 1.29 is 29.7 Å². The van der Waals surface area contributed by atoms with Crippen molar-refractivity contribution in [2.24, 2.45) is 0 Å². The van der Waals surface area contributed by atoms with Crippen LogP contribution in [0.5, 0.6) is 0 Å². The highest BCUT2D eigenvalue weighted by atomic mass is 16.4. The van der Waals surface area contributed by atoms with Crippen LogP contribution in [0, 0.1) is 0 Å². The van der Waals surface area contributed by atoms with Crippen LogP contribution in [0.3, 0.4) is 0 Å². The fourth-order valence-corrected chi connectivity index (χ4v) is 3.89. The minimum Gasteiger partial charge on any atom is -0.386 e. The molecule has 2 unspecified atom stereocenters. The Morgan fingerprint density at radius 2 is 0.968 bits per heavy atom. The molecule has 31 heavy (non-hydrogen) atoms. The van der Waals surface area contributed by atoms with Crippen molar-refractivity contribution in [2.75, 3.05) is 0 Å². The molecule has 182 valence electrons. The molecule has 6 heteroatoms. The summed E-state index contributed by atoms with van der Waals surface area (Å²) in [6.45, 7) is 4.12. The monoisotopic (exact) mass is 442 g/mol. The van der Waals surface area contributed by atoms with E-state index in [9.17, 15) is 29.7 Å². The van der Waals surface area contributed by atoms with Gasteiger partial charge in [-0.3, -0.25) is 14.4 Å². The SMILES string of the molecule is CCCCCCCCCCCCCCCCCC(=O)C(O)C(O)C(O)(C(C)=O)C(C)=O. The number of aliphatic hydroxyl groups excluding tert-OH is 2. The maximum atomic E-state index is 12.1. The highest BCUT2D eigenvalue weighted by molar-refractivity contribution is 6.09. The van der Waals surface area contributed by atoms with E-state index < -0.39 is 35.2 Å². The van der Waals surface area contributed by atoms with Gasteiger partial charge in [0, 0.05) is 6.42 Å². The molecule has 6 nitrogen and oxygen atoms in total. The van der Waals surface area contributed by atoms with Crippen LogP contribution in [0.4, 0.5) is 0 Å². The van der Waals surface area contributed by atoms with Gasteiger partial charge in [0.1, 0.15) is 12.2 Å². The number of carbonyl (C=O) groups is 3. The molecule has 0 rings (SSSR count). The van der Waals surface area contributed by atoms with Gasteiger partial charge in [-0.2, -0.15) is 0 Å². The lowest BCUT2D eigenvalue weighted by atomic mass is 9.83. The van der Waals surface area contributed by atoms with Crippen molar-refractivity contribution >= 4 is 17.3 Å². The molecular weight excluding hydrogens is 396 g/mol. The lowest BCUT2D eigenvalue weighted by molar-refractivity contribution is -0.172. The largest absolute Gasteiger partial charge is 0.386 e. The molecule has 0 spiro atoms. The molecule has 0 aromatic heterocycles. The second-order valence-electron chi connectivity index (χ2n) is 8.93. The zero-order chi connectivity index (χ0) is 23.7. The minimum atomic E-state index is -2.75. The Morgan fingerprint density at radius 3 is 1.29 bits per heavy atom. The fraction of sp³-hybridized carbons (Fsp3) is 0.880. The Kier molecular flexibility index (Phi) is 16.8. The van der Waals surface area contributed by atoms with Gasteiger partial charge in [0.2, 0.25) is 5.60 Å². The van der Waals surface area contributed by atoms with Gasteiger partial charge in [-0.15, -0.1) is 0 Å². The molecular formula is C25H46O6. The summed E-state index contributed by atoms with van der Waals surface area (Å²) >= 11 is 0. The fourth-order valence-electron chi connectivity index (χ4n) is 3.89. The van der Waals surface area contributed by atoms with Crippen LogP contribution in [-0.4, -0.2) is 50.5 Å². The number of unbranched alkanes of at least 4 members (excludes halogenated alkanes) is 14. The molecule has 0 radical (unpaired) electrons. The first-order valence-corrected chi connectivity index (χ1v) is 12.3. The number of rotatable bonds is 21. The summed E-state index contributed by atoms with van der Waals surface area (Å²) in [4.78, 5) is 35.1. The van der Waals surface area contributed by atoms with E-state index in [4.69, 9.17) is 0 Å². The number of aliphatic hydroxyl groups is 3. The average Bonchev–Trinajstić information content (AvgIpc) is 2.74. The van der Waals surface area contributed by atoms with Gasteiger partial charge < -0.3 is 15.3 Å². The maximum absolute atomic E-state index is 12.1. The second-order valence-corrected chi connectivity index (χ2v) is 8.93. The van der Waals surface area contributed by atoms with E-state index in [1.165, 1.54) is 70.6 Å². The van der Waals surface area contributed by atoms with Crippen LogP contribution in [0.15, 0.2) is 0 Å². The molecule has 0 aliphatic carbocycles. The molecule has 0 aromatic rings. The van der Waals surface area contributed by atoms with Gasteiger partial charge in [0.15, 0.2) is 17.3 Å². The van der Waals surface area contributed by atoms with Crippen molar-refractivity contribution in [3.05, 3.63) is 0 Å². The third kappa shape index (κ3) is 11.9. The summed E-state index contributed by atoms with van der Waals surface area (Å²) in [5.41, 5.74) is -2.75. The highest BCUT2D eigenvalue weighted by Crippen LogP contribution is 2.20. The first kappa shape index (κ1) is 29.9. The molecule has 0 aliphatic rings. The van der Waals surface area contributed by atoms with Crippen LogP contribution in [-0.2, 0) is 14.4 Å². The second kappa shape index (κ2) is 17.4. The van der Waals surface area contributed by atoms with Gasteiger partial charge >= 0.3 is 0 Å². The van der Waals surface area contributed by atoms with Crippen molar-refractivity contribution in [2.45, 2.75) is 141 Å². The summed E-state index contributed by atoms with van der Waals surface area (Å²) in [5, 5.41) is 30.1. The van der Waals surface area contributed by atoms with Crippen LogP contribution in [0.1, 0.15) is 124 Å². The summed E-state index contributed by atoms with van der Waals surface area (Å²) in [6, 6.07) is 0. The maximum Gasteiger partial charge on any atom is 0.209 e. The van der Waals surface area contributed by atoms with Gasteiger partial charge in [0.25, 0.3) is 0 Å². The van der Waals surface area contributed by atoms with Crippen molar-refractivity contribution in [1.82, 2.24) is 0 Å². The molecule has 0 bridgehead atoms. The Labute approximate surface area is 188 Å². The molecule has 0 aromatic carbocycles. The van der Waals surface area contributed by atoms with Crippen LogP contribution in [0.2, 0.25) is 0 Å². The van der Waals surface area contributed by atoms with E-state index in [1.54, 1.807) is 0 Å². The van der Waals surface area contributed by atoms with Crippen molar-refractivity contribution in [3.8, 4) is 0 Å². The number of ketones is 3. The summed E-state index contributed by atoms with van der Waals surface area (Å²) in [6.07, 6.45) is 14.0. The van der Waals surface area contributed by atoms with Crippen LogP contribution in [0.25, 0.3) is 0 Å². The lowest BCUT2D eigenvalue weighted by Crippen LogP contribution is -2.60. The molecule has 0 fully saturated rings. The molecule has 0 amide bonds. The van der Waals surface area contributed by atoms with Gasteiger partial charge in [-0.1, -0.05) is 96.8 Å². The summed E-state index contributed by atoms with van der Waals surface area (Å²) < 4.78 is 0. The first-order valence-electron chi connectivity index (χ1n) is 12.3. The number of hydrogen-bond acceptors (Lipinski definition) is 6. The Hall–Kier alpha value is -1.11. The van der Waals surface area contributed by atoms with E-state index in [-0.39, 0.29) is 6.42 Å². The third-order valence-corrected chi connectivity index (χ3v) is 6.16. The molecule has 0 saturated carbocycles. The van der Waals surface area contributed by atoms with Crippen LogP contribution >= 0.6 is 0 Å². The quantitative estimate of drug-likeness (QED) is 0.179. The highest BCUT2D eigenvalue weighted by Gasteiger charge is 2.50. The van der Waals surface area contributed by atoms with Gasteiger partial charge in [-0.25, -0.2) is 0 Å². The van der Waals surface area contributed by atoms with Gasteiger partial charge in [-0.05, 0) is 20.3 Å². The molecule has 0 saturated heterocycles. The van der Waals surface area contributed by atoms with E-state index in [1.807, 2.05) is 0 Å². The van der Waals surface area contributed by atoms with E-state index in [0.717, 1.165) is 33.1 Å². The predicted molar refractivity (Wildman–Crippen MR) is 123 cm³/mol. The van der Waals surface area contributed by atoms with E-state index in [2.05, 4.69) is 6.92 Å². The zero-order valence-electron chi connectivity index (χ0n) is 20.0. The van der Waals surface area contributed by atoms with Crippen LogP contribution < -0.4 is 0 Å². The number of carbonyl (C=O) groups excluding carboxylic acids is 3. The minimum absolute atomic E-state index is 0.0440. The lowest BCUT2D eigenvalue weighted by Gasteiger charge is -2.30. The molecule has 2 atom stereocenters. The Bertz CT molecular complexity index is 502. The standard InChI is InChI=1S/C25H46O6/c1-4-5-6-7-8-9-10-11-12-13-14-15-16-17-18-19-22(28)23(29)24(30)25(31,20(2)26)21(3)27/h23-24,29-31H,4-19H2,1-3H3. The zero-order valence-corrected chi connectivity index (χ0v) is 20.0. The first-order chi connectivity index (χ1) is 14.7. The van der Waals surface area contributed by atoms with E-state index in [0.29, 0.717) is 6.42 Å². The normalized spacial score (nSPS) is 13.7. The smallest absolute Gasteiger partial charge is 0.209 e. The van der Waals surface area contributed by atoms with Gasteiger partial charge in [0.05, 0.1) is 0 Å². The molecule has 0 heterocycles.